The average molecular weight is 715 g/mol. The van der Waals surface area contributed by atoms with Gasteiger partial charge in [0, 0.05) is 45.5 Å². The second-order valence-corrected chi connectivity index (χ2v) is 15.6. The molecule has 272 valence electrons. The predicted octanol–water partition coefficient (Wildman–Crippen LogP) is 10.3. The van der Waals surface area contributed by atoms with E-state index in [1.165, 1.54) is 12.2 Å². The Kier molecular flexibility index (Phi) is 7.66. The van der Waals surface area contributed by atoms with Crippen molar-refractivity contribution in [2.75, 3.05) is 0 Å². The summed E-state index contributed by atoms with van der Waals surface area (Å²) in [4.78, 5) is 38.2. The van der Waals surface area contributed by atoms with Gasteiger partial charge in [-0.3, -0.25) is 0 Å². The number of rotatable bonds is 11. The van der Waals surface area contributed by atoms with Crippen LogP contribution in [-0.2, 0) is 45.4 Å². The molecule has 3 saturated carbocycles. The molecule has 0 amide bonds. The van der Waals surface area contributed by atoms with Gasteiger partial charge in [0.1, 0.15) is 50.3 Å². The number of carbonyl (C=O) groups is 3. The minimum absolute atomic E-state index is 0.0581. The third kappa shape index (κ3) is 5.30. The normalized spacial score (nSPS) is 25.8. The van der Waals surface area contributed by atoms with Gasteiger partial charge in [-0.25, -0.2) is 14.4 Å². The first-order valence-electron chi connectivity index (χ1n) is 18.7. The highest BCUT2D eigenvalue weighted by molar-refractivity contribution is 5.88. The van der Waals surface area contributed by atoms with E-state index in [1.54, 1.807) is 6.92 Å². The monoisotopic (exact) mass is 714 g/mol. The van der Waals surface area contributed by atoms with Crippen LogP contribution in [0.15, 0.2) is 93.2 Å². The van der Waals surface area contributed by atoms with Crippen molar-refractivity contribution in [2.45, 2.75) is 106 Å². The third-order valence-electron chi connectivity index (χ3n) is 12.4. The highest BCUT2D eigenvalue weighted by Gasteiger charge is 2.50. The largest absolute Gasteiger partial charge is 0.457 e. The maximum absolute atomic E-state index is 13.2. The van der Waals surface area contributed by atoms with E-state index in [1.807, 2.05) is 30.3 Å². The number of benzene rings is 3. The lowest BCUT2D eigenvalue weighted by Crippen LogP contribution is -2.36. The molecule has 0 spiro atoms. The summed E-state index contributed by atoms with van der Waals surface area (Å²) >= 11 is 0. The van der Waals surface area contributed by atoms with E-state index in [2.05, 4.69) is 31.9 Å². The van der Waals surface area contributed by atoms with E-state index in [4.69, 9.17) is 27.5 Å². The van der Waals surface area contributed by atoms with E-state index in [9.17, 15) is 14.4 Å². The maximum atomic E-state index is 13.2. The molecule has 6 aromatic heterocycles. The van der Waals surface area contributed by atoms with E-state index in [0.29, 0.717) is 36.8 Å². The molecular formula is C44H42O9. The van der Waals surface area contributed by atoms with Crippen LogP contribution in [-0.4, -0.2) is 17.9 Å². The lowest BCUT2D eigenvalue weighted by Gasteiger charge is -2.40. The SMILES string of the molecule is C=CC(=O)OC1(c2cc3ccc2o3)CCCC(c2cc3oc2cc3C2(OC(=O)C(=C)C)CCC(c3cc4oc3cc4C3(OC(=O)C=C)CCCC3)C2)C1. The lowest BCUT2D eigenvalue weighted by molar-refractivity contribution is -0.159. The predicted molar refractivity (Wildman–Crippen MR) is 197 cm³/mol. The molecule has 4 unspecified atom stereocenters. The van der Waals surface area contributed by atoms with Crippen molar-refractivity contribution >= 4 is 51.4 Å². The molecule has 6 bridgehead atoms. The topological polar surface area (TPSA) is 118 Å². The molecule has 53 heavy (non-hydrogen) atoms. The molecule has 0 aromatic carbocycles. The summed E-state index contributed by atoms with van der Waals surface area (Å²) < 4.78 is 37.2. The molecule has 0 saturated heterocycles. The zero-order chi connectivity index (χ0) is 36.7. The van der Waals surface area contributed by atoms with Crippen molar-refractivity contribution in [1.82, 2.24) is 0 Å². The summed E-state index contributed by atoms with van der Waals surface area (Å²) in [7, 11) is 0. The van der Waals surface area contributed by atoms with Crippen LogP contribution in [0.2, 0.25) is 0 Å². The molecule has 3 aliphatic carbocycles. The molecule has 3 fully saturated rings. The Balaban J connectivity index is 1.01. The summed E-state index contributed by atoms with van der Waals surface area (Å²) in [6.45, 7) is 12.8. The molecule has 0 radical (unpaired) electrons. The second-order valence-electron chi connectivity index (χ2n) is 15.6. The minimum atomic E-state index is -0.923. The van der Waals surface area contributed by atoms with Crippen LogP contribution in [0, 0.1) is 0 Å². The van der Waals surface area contributed by atoms with E-state index < -0.39 is 34.7 Å². The van der Waals surface area contributed by atoms with Crippen LogP contribution in [0.25, 0.3) is 33.5 Å². The Bertz CT molecular complexity index is 2380. The Hall–Kier alpha value is -5.31. The van der Waals surface area contributed by atoms with E-state index in [0.717, 1.165) is 101 Å². The Morgan fingerprint density at radius 3 is 1.72 bits per heavy atom. The van der Waals surface area contributed by atoms with Crippen molar-refractivity contribution in [3.05, 3.63) is 108 Å². The van der Waals surface area contributed by atoms with Gasteiger partial charge >= 0.3 is 17.9 Å². The number of carbonyl (C=O) groups excluding carboxylic acids is 3. The van der Waals surface area contributed by atoms with Gasteiger partial charge in [0.25, 0.3) is 0 Å². The van der Waals surface area contributed by atoms with Gasteiger partial charge in [0.2, 0.25) is 0 Å². The number of hydrogen-bond acceptors (Lipinski definition) is 9. The quantitative estimate of drug-likeness (QED) is 0.0734. The molecule has 0 aliphatic heterocycles. The number of ether oxygens (including phenoxy) is 3. The molecule has 6 heterocycles. The van der Waals surface area contributed by atoms with Gasteiger partial charge in [0.05, 0.1) is 0 Å². The smallest absolute Gasteiger partial charge is 0.334 e. The third-order valence-corrected chi connectivity index (χ3v) is 12.4. The fourth-order valence-corrected chi connectivity index (χ4v) is 9.90. The van der Waals surface area contributed by atoms with Crippen molar-refractivity contribution in [3.8, 4) is 0 Å². The summed E-state index contributed by atoms with van der Waals surface area (Å²) in [5.41, 5.74) is 7.06. The van der Waals surface area contributed by atoms with Crippen LogP contribution < -0.4 is 0 Å². The van der Waals surface area contributed by atoms with Gasteiger partial charge < -0.3 is 27.5 Å². The van der Waals surface area contributed by atoms with E-state index >= 15 is 0 Å². The minimum Gasteiger partial charge on any atom is -0.457 e. The second kappa shape index (κ2) is 12.1. The number of furan rings is 6. The Morgan fingerprint density at radius 2 is 1.19 bits per heavy atom. The molecule has 9 heteroatoms. The highest BCUT2D eigenvalue weighted by Crippen LogP contribution is 2.57. The van der Waals surface area contributed by atoms with Crippen LogP contribution in [0.4, 0.5) is 0 Å². The Labute approximate surface area is 306 Å². The highest BCUT2D eigenvalue weighted by atomic mass is 16.6. The van der Waals surface area contributed by atoms with Crippen LogP contribution >= 0.6 is 0 Å². The van der Waals surface area contributed by atoms with Crippen molar-refractivity contribution in [1.29, 1.82) is 0 Å². The summed E-state index contributed by atoms with van der Waals surface area (Å²) in [5.74, 6) is -1.21. The summed E-state index contributed by atoms with van der Waals surface area (Å²) in [5, 5.41) is 0. The van der Waals surface area contributed by atoms with Gasteiger partial charge in [0.15, 0.2) is 0 Å². The maximum Gasteiger partial charge on any atom is 0.334 e. The Morgan fingerprint density at radius 1 is 0.642 bits per heavy atom. The number of hydrogen-bond donors (Lipinski definition) is 0. The lowest BCUT2D eigenvalue weighted by atomic mass is 9.71. The van der Waals surface area contributed by atoms with Crippen LogP contribution in [0.3, 0.4) is 0 Å². The first kappa shape index (κ1) is 33.5. The van der Waals surface area contributed by atoms with E-state index in [-0.39, 0.29) is 11.8 Å². The summed E-state index contributed by atoms with van der Waals surface area (Å²) in [6, 6.07) is 14.1. The average Bonchev–Trinajstić information content (AvgIpc) is 4.02. The fraction of sp³-hybridized carbons (Fsp3) is 0.386. The van der Waals surface area contributed by atoms with Gasteiger partial charge in [-0.05, 0) is 132 Å². The standard InChI is InChI=1S/C44H42O9/c1-5-39(45)51-42(14-7-8-15-42)32-21-35-30(20-37(32)49-35)27-13-17-44(24-27,53-41(47)25(3)4)33-22-36-29(19-38(33)50-36)26-10-9-16-43(23-26,52-40(46)6-2)31-18-28-11-12-34(31)48-28/h5-6,11-12,18-22,26-27H,1-3,7-10,13-17,23-24H2,4H3. The van der Waals surface area contributed by atoms with Crippen molar-refractivity contribution in [3.63, 3.8) is 0 Å². The molecule has 0 N–H and O–H groups in total. The molecule has 9 nitrogen and oxygen atoms in total. The fourth-order valence-electron chi connectivity index (χ4n) is 9.90. The number of esters is 3. The van der Waals surface area contributed by atoms with Crippen LogP contribution in [0.1, 0.15) is 117 Å². The van der Waals surface area contributed by atoms with Crippen molar-refractivity contribution < 1.29 is 41.8 Å². The van der Waals surface area contributed by atoms with Gasteiger partial charge in [-0.15, -0.1) is 0 Å². The van der Waals surface area contributed by atoms with Gasteiger partial charge in [-0.2, -0.15) is 0 Å². The zero-order valence-electron chi connectivity index (χ0n) is 29.9. The molecular weight excluding hydrogens is 672 g/mol. The van der Waals surface area contributed by atoms with Gasteiger partial charge in [-0.1, -0.05) is 19.7 Å². The van der Waals surface area contributed by atoms with Crippen molar-refractivity contribution in [2.24, 2.45) is 0 Å². The number of fused-ring (bicyclic) bond motifs is 6. The van der Waals surface area contributed by atoms with Crippen LogP contribution in [0.5, 0.6) is 0 Å². The molecule has 6 aromatic rings. The zero-order valence-corrected chi connectivity index (χ0v) is 29.9. The molecule has 9 rings (SSSR count). The first-order valence-corrected chi connectivity index (χ1v) is 18.7. The summed E-state index contributed by atoms with van der Waals surface area (Å²) in [6.07, 6.45) is 10.8. The first-order chi connectivity index (χ1) is 25.5. The molecule has 4 atom stereocenters. The molecule has 3 aliphatic rings.